The minimum absolute atomic E-state index is 0.0676. The molecule has 4 rings (SSSR count). The maximum Gasteiger partial charge on any atom is 0.257 e. The number of ether oxygens (including phenoxy) is 2. The summed E-state index contributed by atoms with van der Waals surface area (Å²) in [6, 6.07) is 11.0. The van der Waals surface area contributed by atoms with Gasteiger partial charge in [0.1, 0.15) is 6.04 Å². The Hall–Kier alpha value is -3.06. The molecule has 2 aliphatic rings. The van der Waals surface area contributed by atoms with Crippen LogP contribution in [0, 0.1) is 5.41 Å². The molecule has 0 aromatic heterocycles. The van der Waals surface area contributed by atoms with E-state index in [1.165, 1.54) is 4.90 Å². The van der Waals surface area contributed by atoms with Crippen molar-refractivity contribution in [1.82, 2.24) is 4.90 Å². The van der Waals surface area contributed by atoms with E-state index in [0.717, 1.165) is 10.5 Å². The largest absolute Gasteiger partial charge is 0.454 e. The summed E-state index contributed by atoms with van der Waals surface area (Å²) in [5.41, 5.74) is 0.964. The van der Waals surface area contributed by atoms with Crippen LogP contribution in [0.1, 0.15) is 39.2 Å². The summed E-state index contributed by atoms with van der Waals surface area (Å²) in [5, 5.41) is 0.509. The van der Waals surface area contributed by atoms with Crippen LogP contribution in [-0.2, 0) is 20.9 Å². The van der Waals surface area contributed by atoms with Crippen LogP contribution >= 0.6 is 11.6 Å². The molecule has 7 nitrogen and oxygen atoms in total. The van der Waals surface area contributed by atoms with Crippen LogP contribution in [-0.4, -0.2) is 35.5 Å². The summed E-state index contributed by atoms with van der Waals surface area (Å²) < 4.78 is 10.8. The third-order valence-corrected chi connectivity index (χ3v) is 5.63. The number of hydrogen-bond acceptors (Lipinski definition) is 5. The van der Waals surface area contributed by atoms with Crippen molar-refractivity contribution < 1.29 is 23.9 Å². The zero-order chi connectivity index (χ0) is 23.0. The molecule has 168 valence electrons. The van der Waals surface area contributed by atoms with Gasteiger partial charge in [-0.1, -0.05) is 38.4 Å². The van der Waals surface area contributed by atoms with Gasteiger partial charge in [0.05, 0.1) is 12.1 Å². The molecule has 3 amide bonds. The topological polar surface area (TPSA) is 76.2 Å². The van der Waals surface area contributed by atoms with E-state index >= 15 is 0 Å². The molecule has 0 radical (unpaired) electrons. The van der Waals surface area contributed by atoms with Gasteiger partial charge in [0.15, 0.2) is 11.5 Å². The van der Waals surface area contributed by atoms with Crippen molar-refractivity contribution in [2.24, 2.45) is 5.41 Å². The fourth-order valence-electron chi connectivity index (χ4n) is 3.88. The monoisotopic (exact) mass is 456 g/mol. The molecule has 0 bridgehead atoms. The van der Waals surface area contributed by atoms with Crippen LogP contribution in [0.3, 0.4) is 0 Å². The molecule has 0 spiro atoms. The number of halogens is 1. The van der Waals surface area contributed by atoms with E-state index < -0.39 is 11.9 Å². The number of rotatable bonds is 5. The number of nitrogens with zero attached hydrogens (tertiary/aromatic N) is 2. The van der Waals surface area contributed by atoms with Crippen molar-refractivity contribution >= 4 is 35.0 Å². The minimum Gasteiger partial charge on any atom is -0.454 e. The van der Waals surface area contributed by atoms with Crippen LogP contribution in [0.15, 0.2) is 42.5 Å². The van der Waals surface area contributed by atoms with Crippen LogP contribution in [0.5, 0.6) is 11.5 Å². The molecule has 0 aliphatic carbocycles. The molecule has 1 unspecified atom stereocenters. The Labute approximate surface area is 191 Å². The predicted molar refractivity (Wildman–Crippen MR) is 120 cm³/mol. The standard InChI is InChI=1S/C24H25ClN2O5/c1-24(2,3)12-22(29)26(13-15-4-9-19-20(10-15)32-14-31-19)18-11-21(28)27(23(18)30)17-7-5-16(25)6-8-17/h4-10,18H,11-14H2,1-3H3. The fourth-order valence-corrected chi connectivity index (χ4v) is 4.01. The molecule has 1 fully saturated rings. The maximum absolute atomic E-state index is 13.3. The van der Waals surface area contributed by atoms with Gasteiger partial charge in [-0.05, 0) is 47.4 Å². The number of carbonyl (C=O) groups excluding carboxylic acids is 3. The third kappa shape index (κ3) is 4.58. The Morgan fingerprint density at radius 1 is 1.09 bits per heavy atom. The number of hydrogen-bond donors (Lipinski definition) is 0. The first-order chi connectivity index (χ1) is 15.1. The van der Waals surface area contributed by atoms with Crippen LogP contribution in [0.4, 0.5) is 5.69 Å². The number of amides is 3. The molecule has 2 aromatic rings. The number of fused-ring (bicyclic) bond motifs is 1. The van der Waals surface area contributed by atoms with Gasteiger partial charge >= 0.3 is 0 Å². The van der Waals surface area contributed by atoms with E-state index in [1.807, 2.05) is 26.8 Å². The van der Waals surface area contributed by atoms with E-state index in [2.05, 4.69) is 0 Å². The van der Waals surface area contributed by atoms with Gasteiger partial charge in [-0.15, -0.1) is 0 Å². The number of imide groups is 1. The van der Waals surface area contributed by atoms with Gasteiger partial charge in [-0.25, -0.2) is 4.90 Å². The highest BCUT2D eigenvalue weighted by Gasteiger charge is 2.44. The summed E-state index contributed by atoms with van der Waals surface area (Å²) >= 11 is 5.94. The molecular weight excluding hydrogens is 432 g/mol. The lowest BCUT2D eigenvalue weighted by molar-refractivity contribution is -0.140. The smallest absolute Gasteiger partial charge is 0.257 e. The van der Waals surface area contributed by atoms with Crippen LogP contribution in [0.2, 0.25) is 5.02 Å². The Balaban J connectivity index is 1.63. The minimum atomic E-state index is -0.876. The van der Waals surface area contributed by atoms with E-state index in [4.69, 9.17) is 21.1 Å². The first kappa shape index (κ1) is 22.1. The van der Waals surface area contributed by atoms with Gasteiger partial charge in [0.25, 0.3) is 5.91 Å². The Bertz CT molecular complexity index is 1060. The third-order valence-electron chi connectivity index (χ3n) is 5.38. The highest BCUT2D eigenvalue weighted by Crippen LogP contribution is 2.34. The lowest BCUT2D eigenvalue weighted by Gasteiger charge is -2.30. The van der Waals surface area contributed by atoms with Crippen molar-refractivity contribution in [3.8, 4) is 11.5 Å². The maximum atomic E-state index is 13.3. The summed E-state index contributed by atoms with van der Waals surface area (Å²) in [6.45, 7) is 6.22. The second kappa shape index (κ2) is 8.47. The molecule has 0 saturated carbocycles. The van der Waals surface area contributed by atoms with Gasteiger partial charge in [0.2, 0.25) is 18.6 Å². The number of anilines is 1. The molecule has 2 heterocycles. The van der Waals surface area contributed by atoms with Crippen molar-refractivity contribution in [2.75, 3.05) is 11.7 Å². The zero-order valence-corrected chi connectivity index (χ0v) is 19.0. The summed E-state index contributed by atoms with van der Waals surface area (Å²) in [5.74, 6) is 0.297. The van der Waals surface area contributed by atoms with Gasteiger partial charge in [0, 0.05) is 18.0 Å². The molecule has 1 atom stereocenters. The molecule has 8 heteroatoms. The van der Waals surface area contributed by atoms with Crippen LogP contribution in [0.25, 0.3) is 0 Å². The van der Waals surface area contributed by atoms with E-state index in [9.17, 15) is 14.4 Å². The Kier molecular flexibility index (Phi) is 5.86. The van der Waals surface area contributed by atoms with Crippen molar-refractivity contribution in [3.63, 3.8) is 0 Å². The average Bonchev–Trinajstić information content (AvgIpc) is 3.29. The Morgan fingerprint density at radius 2 is 1.78 bits per heavy atom. The fraction of sp³-hybridized carbons (Fsp3) is 0.375. The lowest BCUT2D eigenvalue weighted by atomic mass is 9.91. The first-order valence-corrected chi connectivity index (χ1v) is 10.8. The normalized spacial score (nSPS) is 17.8. The molecule has 2 aliphatic heterocycles. The lowest BCUT2D eigenvalue weighted by Crippen LogP contribution is -2.46. The zero-order valence-electron chi connectivity index (χ0n) is 18.3. The molecule has 2 aromatic carbocycles. The van der Waals surface area contributed by atoms with Crippen molar-refractivity contribution in [2.45, 2.75) is 46.2 Å². The van der Waals surface area contributed by atoms with Gasteiger partial charge in [-0.3, -0.25) is 14.4 Å². The quantitative estimate of drug-likeness (QED) is 0.631. The number of carbonyl (C=O) groups is 3. The summed E-state index contributed by atoms with van der Waals surface area (Å²) in [6.07, 6.45) is 0.179. The number of benzene rings is 2. The summed E-state index contributed by atoms with van der Waals surface area (Å²) in [4.78, 5) is 42.1. The molecule has 1 saturated heterocycles. The van der Waals surface area contributed by atoms with E-state index in [0.29, 0.717) is 22.2 Å². The predicted octanol–water partition coefficient (Wildman–Crippen LogP) is 4.17. The highest BCUT2D eigenvalue weighted by atomic mass is 35.5. The van der Waals surface area contributed by atoms with Gasteiger partial charge in [-0.2, -0.15) is 0 Å². The average molecular weight is 457 g/mol. The molecular formula is C24H25ClN2O5. The second-order valence-corrected chi connectivity index (χ2v) is 9.65. The van der Waals surface area contributed by atoms with E-state index in [-0.39, 0.29) is 43.4 Å². The SMILES string of the molecule is CC(C)(C)CC(=O)N(Cc1ccc2c(c1)OCO2)C1CC(=O)N(c2ccc(Cl)cc2)C1=O. The molecule has 32 heavy (non-hydrogen) atoms. The summed E-state index contributed by atoms with van der Waals surface area (Å²) in [7, 11) is 0. The molecule has 0 N–H and O–H groups in total. The first-order valence-electron chi connectivity index (χ1n) is 10.4. The Morgan fingerprint density at radius 3 is 2.47 bits per heavy atom. The van der Waals surface area contributed by atoms with E-state index in [1.54, 1.807) is 36.4 Å². The second-order valence-electron chi connectivity index (χ2n) is 9.21. The van der Waals surface area contributed by atoms with Crippen molar-refractivity contribution in [1.29, 1.82) is 0 Å². The van der Waals surface area contributed by atoms with Crippen molar-refractivity contribution in [3.05, 3.63) is 53.1 Å². The van der Waals surface area contributed by atoms with Crippen LogP contribution < -0.4 is 14.4 Å². The highest BCUT2D eigenvalue weighted by molar-refractivity contribution is 6.30. The van der Waals surface area contributed by atoms with Gasteiger partial charge < -0.3 is 14.4 Å².